The van der Waals surface area contributed by atoms with Crippen LogP contribution in [0, 0.1) is 12.7 Å². The van der Waals surface area contributed by atoms with Crippen LogP contribution in [0.4, 0.5) is 4.39 Å². The van der Waals surface area contributed by atoms with Crippen molar-refractivity contribution in [2.24, 2.45) is 0 Å². The molecule has 0 bridgehead atoms. The van der Waals surface area contributed by atoms with E-state index in [2.05, 4.69) is 9.88 Å². The lowest BCUT2D eigenvalue weighted by molar-refractivity contribution is 0.0627. The Labute approximate surface area is 162 Å². The predicted octanol–water partition coefficient (Wildman–Crippen LogP) is 2.25. The zero-order chi connectivity index (χ0) is 19.6. The molecule has 1 aliphatic rings. The highest BCUT2D eigenvalue weighted by molar-refractivity contribution is 7.13. The Balaban J connectivity index is 1.58. The molecule has 0 unspecified atom stereocenters. The van der Waals surface area contributed by atoms with Gasteiger partial charge in [0.15, 0.2) is 0 Å². The Morgan fingerprint density at radius 2 is 1.93 bits per heavy atom. The Kier molecular flexibility index (Phi) is 5.86. The molecule has 1 fully saturated rings. The fourth-order valence-corrected chi connectivity index (χ4v) is 4.15. The number of halogens is 1. The number of carbonyl (C=O) groups is 2. The Morgan fingerprint density at radius 3 is 2.56 bits per heavy atom. The van der Waals surface area contributed by atoms with Gasteiger partial charge in [0.05, 0.1) is 12.2 Å². The van der Waals surface area contributed by atoms with Gasteiger partial charge >= 0.3 is 0 Å². The van der Waals surface area contributed by atoms with Crippen molar-refractivity contribution in [2.75, 3.05) is 40.3 Å². The van der Waals surface area contributed by atoms with E-state index in [1.165, 1.54) is 23.5 Å². The molecule has 8 heteroatoms. The van der Waals surface area contributed by atoms with Crippen molar-refractivity contribution in [3.05, 3.63) is 51.2 Å². The predicted molar refractivity (Wildman–Crippen MR) is 102 cm³/mol. The maximum atomic E-state index is 13.3. The summed E-state index contributed by atoms with van der Waals surface area (Å²) in [6.45, 7) is 5.13. The molecule has 2 amide bonds. The Bertz CT molecular complexity index is 844. The van der Waals surface area contributed by atoms with Gasteiger partial charge < -0.3 is 9.80 Å². The van der Waals surface area contributed by atoms with E-state index in [4.69, 9.17) is 0 Å². The fourth-order valence-electron chi connectivity index (χ4n) is 3.03. The molecule has 1 saturated heterocycles. The Hall–Kier alpha value is -2.32. The van der Waals surface area contributed by atoms with Gasteiger partial charge in [0.25, 0.3) is 11.8 Å². The number of rotatable bonds is 4. The van der Waals surface area contributed by atoms with Crippen LogP contribution in [0.2, 0.25) is 0 Å². The van der Waals surface area contributed by atoms with Crippen molar-refractivity contribution in [1.82, 2.24) is 19.7 Å². The highest BCUT2D eigenvalue weighted by Gasteiger charge is 2.24. The van der Waals surface area contributed by atoms with Crippen molar-refractivity contribution in [2.45, 2.75) is 13.5 Å². The first kappa shape index (κ1) is 19.4. The van der Waals surface area contributed by atoms with Crippen LogP contribution < -0.4 is 0 Å². The van der Waals surface area contributed by atoms with Crippen LogP contribution in [0.25, 0.3) is 0 Å². The van der Waals surface area contributed by atoms with E-state index in [-0.39, 0.29) is 11.8 Å². The first-order chi connectivity index (χ1) is 12.8. The smallest absolute Gasteiger partial charge is 0.265 e. The van der Waals surface area contributed by atoms with Gasteiger partial charge in [0, 0.05) is 45.8 Å². The molecule has 2 heterocycles. The van der Waals surface area contributed by atoms with Crippen LogP contribution >= 0.6 is 11.3 Å². The molecule has 0 saturated carbocycles. The summed E-state index contributed by atoms with van der Waals surface area (Å²) >= 11 is 1.43. The van der Waals surface area contributed by atoms with E-state index in [0.29, 0.717) is 30.1 Å². The summed E-state index contributed by atoms with van der Waals surface area (Å²) in [7, 11) is 3.46. The quantitative estimate of drug-likeness (QED) is 0.804. The number of nitrogens with zero attached hydrogens (tertiary/aromatic N) is 4. The molecule has 1 aliphatic heterocycles. The van der Waals surface area contributed by atoms with E-state index < -0.39 is 5.82 Å². The zero-order valence-corrected chi connectivity index (χ0v) is 16.6. The minimum absolute atomic E-state index is 0.0261. The highest BCUT2D eigenvalue weighted by Crippen LogP contribution is 2.21. The van der Waals surface area contributed by atoms with Crippen molar-refractivity contribution in [3.63, 3.8) is 0 Å². The summed E-state index contributed by atoms with van der Waals surface area (Å²) in [5.74, 6) is -0.568. The summed E-state index contributed by atoms with van der Waals surface area (Å²) in [5, 5.41) is 0.905. The van der Waals surface area contributed by atoms with Crippen LogP contribution in [-0.4, -0.2) is 71.8 Å². The lowest BCUT2D eigenvalue weighted by Crippen LogP contribution is -2.48. The normalized spacial score (nSPS) is 15.0. The van der Waals surface area contributed by atoms with Gasteiger partial charge in [-0.15, -0.1) is 11.3 Å². The van der Waals surface area contributed by atoms with Crippen LogP contribution in [0.1, 0.15) is 30.7 Å². The second kappa shape index (κ2) is 8.14. The van der Waals surface area contributed by atoms with Crippen molar-refractivity contribution < 1.29 is 14.0 Å². The molecule has 1 aromatic carbocycles. The minimum Gasteiger partial charge on any atom is -0.344 e. The number of benzene rings is 1. The zero-order valence-electron chi connectivity index (χ0n) is 15.7. The van der Waals surface area contributed by atoms with E-state index >= 15 is 0 Å². The summed E-state index contributed by atoms with van der Waals surface area (Å²) in [6, 6.07) is 5.80. The summed E-state index contributed by atoms with van der Waals surface area (Å²) in [4.78, 5) is 35.4. The monoisotopic (exact) mass is 390 g/mol. The van der Waals surface area contributed by atoms with E-state index in [0.717, 1.165) is 23.8 Å². The van der Waals surface area contributed by atoms with Gasteiger partial charge in [-0.1, -0.05) is 6.07 Å². The van der Waals surface area contributed by atoms with Gasteiger partial charge in [-0.25, -0.2) is 9.37 Å². The maximum Gasteiger partial charge on any atom is 0.265 e. The third kappa shape index (κ3) is 4.51. The SMILES string of the molecule is Cc1nc(CN2CCN(C(=O)c3cccc(F)c3)CC2)sc1C(=O)N(C)C. The number of aromatic nitrogens is 1. The highest BCUT2D eigenvalue weighted by atomic mass is 32.1. The van der Waals surface area contributed by atoms with E-state index in [1.807, 2.05) is 6.92 Å². The summed E-state index contributed by atoms with van der Waals surface area (Å²) in [5.41, 5.74) is 1.14. The van der Waals surface area contributed by atoms with E-state index in [1.54, 1.807) is 36.0 Å². The molecule has 0 N–H and O–H groups in total. The number of hydrogen-bond acceptors (Lipinski definition) is 5. The second-order valence-electron chi connectivity index (χ2n) is 6.80. The molecule has 6 nitrogen and oxygen atoms in total. The number of carbonyl (C=O) groups excluding carboxylic acids is 2. The van der Waals surface area contributed by atoms with Crippen LogP contribution in [0.5, 0.6) is 0 Å². The second-order valence-corrected chi connectivity index (χ2v) is 7.88. The average molecular weight is 390 g/mol. The van der Waals surface area contributed by atoms with Crippen LogP contribution in [-0.2, 0) is 6.54 Å². The number of piperazine rings is 1. The average Bonchev–Trinajstić information content (AvgIpc) is 3.01. The van der Waals surface area contributed by atoms with Gasteiger partial charge in [-0.2, -0.15) is 0 Å². The summed E-state index contributed by atoms with van der Waals surface area (Å²) in [6.07, 6.45) is 0. The third-order valence-corrected chi connectivity index (χ3v) is 5.66. The number of aryl methyl sites for hydroxylation is 1. The van der Waals surface area contributed by atoms with Gasteiger partial charge in [-0.05, 0) is 25.1 Å². The molecule has 0 spiro atoms. The lowest BCUT2D eigenvalue weighted by atomic mass is 10.1. The van der Waals surface area contributed by atoms with Crippen molar-refractivity contribution >= 4 is 23.2 Å². The van der Waals surface area contributed by atoms with Crippen molar-refractivity contribution in [1.29, 1.82) is 0 Å². The van der Waals surface area contributed by atoms with Gasteiger partial charge in [-0.3, -0.25) is 14.5 Å². The molecule has 1 aromatic heterocycles. The topological polar surface area (TPSA) is 56.8 Å². The number of thiazole rings is 1. The third-order valence-electron chi connectivity index (χ3n) is 4.53. The van der Waals surface area contributed by atoms with E-state index in [9.17, 15) is 14.0 Å². The van der Waals surface area contributed by atoms with Gasteiger partial charge in [0.1, 0.15) is 15.7 Å². The molecule has 0 aliphatic carbocycles. The van der Waals surface area contributed by atoms with Crippen LogP contribution in [0.3, 0.4) is 0 Å². The first-order valence-electron chi connectivity index (χ1n) is 8.80. The molecule has 0 radical (unpaired) electrons. The first-order valence-corrected chi connectivity index (χ1v) is 9.62. The molecule has 27 heavy (non-hydrogen) atoms. The van der Waals surface area contributed by atoms with Crippen molar-refractivity contribution in [3.8, 4) is 0 Å². The number of amides is 2. The summed E-state index contributed by atoms with van der Waals surface area (Å²) < 4.78 is 13.3. The Morgan fingerprint density at radius 1 is 1.22 bits per heavy atom. The molecular weight excluding hydrogens is 367 g/mol. The largest absolute Gasteiger partial charge is 0.344 e. The standard InChI is InChI=1S/C19H23FN4O2S/c1-13-17(19(26)22(2)3)27-16(21-13)12-23-7-9-24(10-8-23)18(25)14-5-4-6-15(20)11-14/h4-6,11H,7-10,12H2,1-3H3. The minimum atomic E-state index is -0.401. The number of hydrogen-bond donors (Lipinski definition) is 0. The van der Waals surface area contributed by atoms with Gasteiger partial charge in [0.2, 0.25) is 0 Å². The lowest BCUT2D eigenvalue weighted by Gasteiger charge is -2.34. The molecule has 2 aromatic rings. The molecule has 3 rings (SSSR count). The maximum absolute atomic E-state index is 13.3. The fraction of sp³-hybridized carbons (Fsp3) is 0.421. The molecule has 144 valence electrons. The van der Waals surface area contributed by atoms with Crippen LogP contribution in [0.15, 0.2) is 24.3 Å². The molecule has 0 atom stereocenters. The molecular formula is C19H23FN4O2S.